The van der Waals surface area contributed by atoms with Crippen LogP contribution in [0.5, 0.6) is 17.2 Å². The van der Waals surface area contributed by atoms with Crippen molar-refractivity contribution >= 4 is 34.8 Å². The van der Waals surface area contributed by atoms with Crippen LogP contribution in [0.2, 0.25) is 0 Å². The van der Waals surface area contributed by atoms with Crippen molar-refractivity contribution in [2.75, 3.05) is 13.7 Å². The molecule has 0 unspecified atom stereocenters. The minimum absolute atomic E-state index is 0.150. The van der Waals surface area contributed by atoms with Crippen LogP contribution >= 0.6 is 11.3 Å². The summed E-state index contributed by atoms with van der Waals surface area (Å²) in [5, 5.41) is 22.6. The van der Waals surface area contributed by atoms with Gasteiger partial charge in [-0.25, -0.2) is 9.79 Å². The highest BCUT2D eigenvalue weighted by Crippen LogP contribution is 2.35. The van der Waals surface area contributed by atoms with E-state index in [1.807, 2.05) is 0 Å². The number of hydrogen-bond donors (Lipinski definition) is 0. The molecule has 1 aliphatic heterocycles. The molecule has 2 heterocycles. The number of non-ortho nitro benzene ring substituents is 1. The lowest BCUT2D eigenvalue weighted by Crippen LogP contribution is -2.39. The minimum Gasteiger partial charge on any atom is -0.497 e. The second-order valence-corrected chi connectivity index (χ2v) is 10.4. The molecule has 3 aromatic carbocycles. The summed E-state index contributed by atoms with van der Waals surface area (Å²) >= 11 is 1.14. The molecule has 1 aromatic heterocycles. The molecule has 13 nitrogen and oxygen atoms in total. The van der Waals surface area contributed by atoms with Gasteiger partial charge in [-0.15, -0.1) is 0 Å². The summed E-state index contributed by atoms with van der Waals surface area (Å²) in [4.78, 5) is 53.0. The molecule has 0 N–H and O–H groups in total. The molecule has 224 valence electrons. The molecule has 14 heteroatoms. The number of hydrogen-bond acceptors (Lipinski definition) is 11. The van der Waals surface area contributed by atoms with Gasteiger partial charge in [-0.2, -0.15) is 0 Å². The van der Waals surface area contributed by atoms with Crippen molar-refractivity contribution in [3.05, 3.63) is 129 Å². The number of esters is 1. The average molecular weight is 617 g/mol. The van der Waals surface area contributed by atoms with Gasteiger partial charge in [0.1, 0.15) is 11.5 Å². The van der Waals surface area contributed by atoms with Crippen LogP contribution in [0.4, 0.5) is 11.4 Å². The number of thiazole rings is 1. The van der Waals surface area contributed by atoms with Gasteiger partial charge in [-0.05, 0) is 61.4 Å². The maximum absolute atomic E-state index is 13.9. The molecule has 0 saturated carbocycles. The second kappa shape index (κ2) is 12.3. The van der Waals surface area contributed by atoms with Crippen LogP contribution in [-0.2, 0) is 9.53 Å². The Bertz CT molecular complexity index is 2010. The number of benzene rings is 3. The number of aromatic nitrogens is 1. The topological polar surface area (TPSA) is 165 Å². The van der Waals surface area contributed by atoms with Crippen LogP contribution < -0.4 is 24.4 Å². The summed E-state index contributed by atoms with van der Waals surface area (Å²) in [6.45, 7) is 3.54. The summed E-state index contributed by atoms with van der Waals surface area (Å²) < 4.78 is 18.1. The number of methoxy groups -OCH3 is 1. The zero-order valence-corrected chi connectivity index (χ0v) is 24.4. The lowest BCUT2D eigenvalue weighted by molar-refractivity contribution is -0.394. The maximum Gasteiger partial charge on any atom is 0.338 e. The standard InChI is InChI=1S/C30H24N4O9S/c1-4-42-29(36)26-17(2)31-30-32(27(26)19-8-11-21(41-3)12-9-19)28(35)25(44-30)15-18-6-5-7-22(14-18)43-24-13-10-20(33(37)38)16-23(24)34(39)40/h5-16,27H,4H2,1-3H3/b25-15-/t27-/m0/s1. The van der Waals surface area contributed by atoms with Crippen LogP contribution in [0, 0.1) is 20.2 Å². The van der Waals surface area contributed by atoms with Crippen molar-refractivity contribution in [3.63, 3.8) is 0 Å². The number of nitro groups is 2. The first-order valence-electron chi connectivity index (χ1n) is 13.2. The van der Waals surface area contributed by atoms with Crippen LogP contribution in [0.15, 0.2) is 87.8 Å². The molecular formula is C30H24N4O9S. The lowest BCUT2D eigenvalue weighted by Gasteiger charge is -2.24. The van der Waals surface area contributed by atoms with E-state index in [4.69, 9.17) is 14.2 Å². The molecule has 1 atom stereocenters. The van der Waals surface area contributed by atoms with Crippen LogP contribution in [0.1, 0.15) is 31.0 Å². The van der Waals surface area contributed by atoms with Gasteiger partial charge in [0, 0.05) is 6.07 Å². The average Bonchev–Trinajstić information content (AvgIpc) is 3.30. The molecule has 0 bridgehead atoms. The molecule has 44 heavy (non-hydrogen) atoms. The van der Waals surface area contributed by atoms with Crippen molar-refractivity contribution in [2.45, 2.75) is 19.9 Å². The first-order valence-corrected chi connectivity index (χ1v) is 14.0. The highest BCUT2D eigenvalue weighted by atomic mass is 32.1. The second-order valence-electron chi connectivity index (χ2n) is 9.42. The Balaban J connectivity index is 1.57. The van der Waals surface area contributed by atoms with Crippen molar-refractivity contribution in [2.24, 2.45) is 4.99 Å². The molecule has 0 radical (unpaired) electrons. The van der Waals surface area contributed by atoms with E-state index in [1.165, 1.54) is 4.57 Å². The Morgan fingerprint density at radius 3 is 2.45 bits per heavy atom. The van der Waals surface area contributed by atoms with E-state index in [-0.39, 0.29) is 29.2 Å². The highest BCUT2D eigenvalue weighted by Gasteiger charge is 2.33. The van der Waals surface area contributed by atoms with Crippen molar-refractivity contribution in [3.8, 4) is 17.2 Å². The van der Waals surface area contributed by atoms with E-state index in [9.17, 15) is 29.8 Å². The molecule has 0 aliphatic carbocycles. The van der Waals surface area contributed by atoms with Crippen molar-refractivity contribution < 1.29 is 28.9 Å². The van der Waals surface area contributed by atoms with Gasteiger partial charge in [0.25, 0.3) is 11.2 Å². The first-order chi connectivity index (χ1) is 21.1. The normalized spacial score (nSPS) is 14.4. The highest BCUT2D eigenvalue weighted by molar-refractivity contribution is 7.07. The lowest BCUT2D eigenvalue weighted by atomic mass is 9.96. The number of carbonyl (C=O) groups is 1. The van der Waals surface area contributed by atoms with Gasteiger partial charge < -0.3 is 14.2 Å². The first kappa shape index (κ1) is 29.8. The van der Waals surface area contributed by atoms with Gasteiger partial charge in [0.05, 0.1) is 51.5 Å². The summed E-state index contributed by atoms with van der Waals surface area (Å²) in [6, 6.07) is 15.8. The molecular weight excluding hydrogens is 592 g/mol. The summed E-state index contributed by atoms with van der Waals surface area (Å²) in [5.74, 6) is 0.0633. The van der Waals surface area contributed by atoms with E-state index >= 15 is 0 Å². The van der Waals surface area contributed by atoms with Gasteiger partial charge in [-0.3, -0.25) is 29.6 Å². The van der Waals surface area contributed by atoms with Crippen LogP contribution in [-0.4, -0.2) is 34.1 Å². The number of allylic oxidation sites excluding steroid dienone is 1. The number of ether oxygens (including phenoxy) is 3. The monoisotopic (exact) mass is 616 g/mol. The molecule has 0 fully saturated rings. The Hall–Kier alpha value is -5.63. The number of rotatable bonds is 9. The third-order valence-electron chi connectivity index (χ3n) is 6.68. The Labute approximate surface area is 252 Å². The van der Waals surface area contributed by atoms with E-state index in [2.05, 4.69) is 4.99 Å². The van der Waals surface area contributed by atoms with Gasteiger partial charge in [0.15, 0.2) is 4.80 Å². The third-order valence-corrected chi connectivity index (χ3v) is 7.67. The van der Waals surface area contributed by atoms with Gasteiger partial charge >= 0.3 is 11.7 Å². The fraction of sp³-hybridized carbons (Fsp3) is 0.167. The summed E-state index contributed by atoms with van der Waals surface area (Å²) in [5.41, 5.74) is 0.483. The zero-order valence-electron chi connectivity index (χ0n) is 23.6. The molecule has 0 saturated heterocycles. The van der Waals surface area contributed by atoms with Gasteiger partial charge in [-0.1, -0.05) is 35.6 Å². The SMILES string of the molecule is CCOC(=O)C1=C(C)N=c2s/c(=C\c3cccc(Oc4ccc([N+](=O)[O-])cc4[N+](=O)[O-])c3)c(=O)n2[C@H]1c1ccc(OC)cc1. The van der Waals surface area contributed by atoms with Crippen LogP contribution in [0.25, 0.3) is 6.08 Å². The van der Waals surface area contributed by atoms with E-state index < -0.39 is 33.2 Å². The number of nitrogens with zero attached hydrogens (tertiary/aromatic N) is 4. The summed E-state index contributed by atoms with van der Waals surface area (Å²) in [7, 11) is 1.54. The molecule has 0 amide bonds. The number of nitro benzene ring substituents is 2. The van der Waals surface area contributed by atoms with E-state index in [1.54, 1.807) is 75.6 Å². The van der Waals surface area contributed by atoms with Crippen molar-refractivity contribution in [1.29, 1.82) is 0 Å². The quantitative estimate of drug-likeness (QED) is 0.150. The Morgan fingerprint density at radius 1 is 1.05 bits per heavy atom. The smallest absolute Gasteiger partial charge is 0.338 e. The molecule has 0 spiro atoms. The third kappa shape index (κ3) is 5.83. The predicted octanol–water partition coefficient (Wildman–Crippen LogP) is 4.42. The van der Waals surface area contributed by atoms with Crippen molar-refractivity contribution in [1.82, 2.24) is 4.57 Å². The Kier molecular flexibility index (Phi) is 8.35. The Morgan fingerprint density at radius 2 is 1.80 bits per heavy atom. The minimum atomic E-state index is -0.796. The summed E-state index contributed by atoms with van der Waals surface area (Å²) in [6.07, 6.45) is 1.62. The molecule has 4 aromatic rings. The fourth-order valence-electron chi connectivity index (χ4n) is 4.69. The fourth-order valence-corrected chi connectivity index (χ4v) is 5.73. The number of carbonyl (C=O) groups excluding carboxylic acids is 1. The van der Waals surface area contributed by atoms with Crippen LogP contribution in [0.3, 0.4) is 0 Å². The van der Waals surface area contributed by atoms with E-state index in [0.717, 1.165) is 29.5 Å². The predicted molar refractivity (Wildman–Crippen MR) is 160 cm³/mol. The maximum atomic E-state index is 13.9. The van der Waals surface area contributed by atoms with Gasteiger partial charge in [0.2, 0.25) is 5.75 Å². The molecule has 1 aliphatic rings. The largest absolute Gasteiger partial charge is 0.497 e. The number of fused-ring (bicyclic) bond motifs is 1. The van der Waals surface area contributed by atoms with E-state index in [0.29, 0.717) is 31.9 Å². The zero-order chi connectivity index (χ0) is 31.5. The molecule has 5 rings (SSSR count).